The zero-order valence-electron chi connectivity index (χ0n) is 16.4. The van der Waals surface area contributed by atoms with Crippen LogP contribution in [0.5, 0.6) is 0 Å². The molecule has 1 saturated heterocycles. The molecule has 0 N–H and O–H groups in total. The van der Waals surface area contributed by atoms with Crippen molar-refractivity contribution < 1.29 is 18.0 Å². The lowest BCUT2D eigenvalue weighted by atomic mass is 10.2. The maximum absolute atomic E-state index is 13.2. The molecule has 162 valence electrons. The predicted octanol–water partition coefficient (Wildman–Crippen LogP) is 3.07. The molecular formula is C20H19F3N6OS. The summed E-state index contributed by atoms with van der Waals surface area (Å²) in [6.07, 6.45) is 0. The van der Waals surface area contributed by atoms with E-state index in [0.29, 0.717) is 61.6 Å². The van der Waals surface area contributed by atoms with Crippen molar-refractivity contribution in [3.8, 4) is 5.69 Å². The van der Waals surface area contributed by atoms with E-state index in [1.54, 1.807) is 39.9 Å². The van der Waals surface area contributed by atoms with Crippen LogP contribution in [-0.2, 0) is 6.54 Å². The number of alkyl halides is 2. The van der Waals surface area contributed by atoms with Gasteiger partial charge < -0.3 is 4.90 Å². The van der Waals surface area contributed by atoms with Crippen LogP contribution in [0.1, 0.15) is 16.2 Å². The van der Waals surface area contributed by atoms with Crippen molar-refractivity contribution in [3.05, 3.63) is 65.7 Å². The summed E-state index contributed by atoms with van der Waals surface area (Å²) in [5, 5.41) is 11.8. The van der Waals surface area contributed by atoms with Crippen LogP contribution in [0, 0.1) is 5.82 Å². The Hall–Kier alpha value is -2.92. The van der Waals surface area contributed by atoms with E-state index >= 15 is 0 Å². The van der Waals surface area contributed by atoms with E-state index in [4.69, 9.17) is 0 Å². The Morgan fingerprint density at radius 1 is 1.03 bits per heavy atom. The van der Waals surface area contributed by atoms with Crippen LogP contribution in [0.4, 0.5) is 13.2 Å². The summed E-state index contributed by atoms with van der Waals surface area (Å²) in [5.74, 6) is -2.57. The minimum absolute atomic E-state index is 0.250. The molecule has 7 nitrogen and oxygen atoms in total. The van der Waals surface area contributed by atoms with Gasteiger partial charge in [-0.25, -0.2) is 4.39 Å². The van der Waals surface area contributed by atoms with Gasteiger partial charge in [0.25, 0.3) is 11.7 Å². The van der Waals surface area contributed by atoms with Crippen LogP contribution in [-0.4, -0.2) is 67.9 Å². The number of hydrogen-bond donors (Lipinski definition) is 0. The third-order valence-electron chi connectivity index (χ3n) is 4.96. The lowest BCUT2D eigenvalue weighted by Crippen LogP contribution is -2.48. The Kier molecular flexibility index (Phi) is 6.52. The molecule has 1 aromatic heterocycles. The summed E-state index contributed by atoms with van der Waals surface area (Å²) >= 11 is 0.381. The number of piperazine rings is 1. The molecule has 0 unspecified atom stereocenters. The molecule has 0 bridgehead atoms. The number of hydrogen-bond acceptors (Lipinski definition) is 6. The molecule has 2 aromatic carbocycles. The van der Waals surface area contributed by atoms with Crippen molar-refractivity contribution in [2.75, 3.05) is 26.2 Å². The van der Waals surface area contributed by atoms with Crippen molar-refractivity contribution in [2.24, 2.45) is 0 Å². The van der Waals surface area contributed by atoms with Gasteiger partial charge in [0.05, 0.1) is 17.8 Å². The Balaban J connectivity index is 1.39. The second-order valence-corrected chi connectivity index (χ2v) is 7.96. The second kappa shape index (κ2) is 9.48. The highest BCUT2D eigenvalue weighted by atomic mass is 32.2. The van der Waals surface area contributed by atoms with E-state index < -0.39 is 5.76 Å². The monoisotopic (exact) mass is 448 g/mol. The molecule has 0 radical (unpaired) electrons. The normalized spacial score (nSPS) is 14.9. The van der Waals surface area contributed by atoms with Gasteiger partial charge in [0.2, 0.25) is 0 Å². The van der Waals surface area contributed by atoms with Gasteiger partial charge in [0.1, 0.15) is 5.82 Å². The fourth-order valence-electron chi connectivity index (χ4n) is 3.41. The van der Waals surface area contributed by atoms with Crippen LogP contribution < -0.4 is 0 Å². The molecule has 2 heterocycles. The first-order chi connectivity index (χ1) is 15.0. The van der Waals surface area contributed by atoms with Gasteiger partial charge in [-0.15, -0.1) is 5.10 Å². The van der Waals surface area contributed by atoms with Crippen LogP contribution in [0.3, 0.4) is 0 Å². The molecule has 0 aliphatic carbocycles. The maximum Gasteiger partial charge on any atom is 0.288 e. The number of tetrazole rings is 1. The van der Waals surface area contributed by atoms with Gasteiger partial charge in [-0.1, -0.05) is 23.9 Å². The van der Waals surface area contributed by atoms with Gasteiger partial charge in [-0.2, -0.15) is 13.5 Å². The van der Waals surface area contributed by atoms with E-state index in [9.17, 15) is 18.0 Å². The summed E-state index contributed by atoms with van der Waals surface area (Å²) in [4.78, 5) is 16.9. The fraction of sp³-hybridized carbons (Fsp3) is 0.300. The quantitative estimate of drug-likeness (QED) is 0.540. The number of nitrogens with zero attached hydrogens (tertiary/aromatic N) is 6. The molecule has 0 atom stereocenters. The number of thioether (sulfide) groups is 1. The van der Waals surface area contributed by atoms with Crippen LogP contribution in [0.15, 0.2) is 53.4 Å². The maximum atomic E-state index is 13.2. The third-order valence-corrected chi connectivity index (χ3v) is 5.75. The molecule has 1 amide bonds. The van der Waals surface area contributed by atoms with E-state index in [0.717, 1.165) is 0 Å². The van der Waals surface area contributed by atoms with Gasteiger partial charge >= 0.3 is 0 Å². The SMILES string of the molecule is O=C(c1ccccc1SC(F)F)N1CCN(Cc2nnnn2-c2ccc(F)cc2)CC1. The minimum Gasteiger partial charge on any atom is -0.336 e. The first kappa shape index (κ1) is 21.3. The highest BCUT2D eigenvalue weighted by molar-refractivity contribution is 7.99. The van der Waals surface area contributed by atoms with Gasteiger partial charge in [-0.05, 0) is 46.8 Å². The molecule has 1 fully saturated rings. The molecule has 0 spiro atoms. The Bertz CT molecular complexity index is 1040. The first-order valence-electron chi connectivity index (χ1n) is 9.60. The second-order valence-electron chi connectivity index (χ2n) is 6.93. The molecule has 4 rings (SSSR count). The number of aromatic nitrogens is 4. The number of rotatable bonds is 6. The predicted molar refractivity (Wildman–Crippen MR) is 109 cm³/mol. The van der Waals surface area contributed by atoms with Crippen molar-refractivity contribution in [1.82, 2.24) is 30.0 Å². The van der Waals surface area contributed by atoms with Crippen molar-refractivity contribution in [1.29, 1.82) is 0 Å². The van der Waals surface area contributed by atoms with Crippen molar-refractivity contribution in [2.45, 2.75) is 17.2 Å². The van der Waals surface area contributed by atoms with E-state index in [-0.39, 0.29) is 16.6 Å². The van der Waals surface area contributed by atoms with Crippen LogP contribution in [0.25, 0.3) is 5.69 Å². The fourth-order valence-corrected chi connectivity index (χ4v) is 4.04. The summed E-state index contributed by atoms with van der Waals surface area (Å²) in [6.45, 7) is 2.57. The lowest BCUT2D eigenvalue weighted by molar-refractivity contribution is 0.0621. The van der Waals surface area contributed by atoms with E-state index in [2.05, 4.69) is 20.4 Å². The Morgan fingerprint density at radius 3 is 2.45 bits per heavy atom. The van der Waals surface area contributed by atoms with E-state index in [1.807, 2.05) is 0 Å². The molecule has 11 heteroatoms. The van der Waals surface area contributed by atoms with Gasteiger partial charge in [-0.3, -0.25) is 9.69 Å². The number of benzene rings is 2. The van der Waals surface area contributed by atoms with Crippen molar-refractivity contribution in [3.63, 3.8) is 0 Å². The average Bonchev–Trinajstić information content (AvgIpc) is 3.22. The standard InChI is InChI=1S/C20H19F3N6OS/c21-14-5-7-15(8-6-14)29-18(24-25-26-29)13-27-9-11-28(12-10-27)19(30)16-3-1-2-4-17(16)31-20(22)23/h1-8,20H,9-13H2. The number of carbonyl (C=O) groups excluding carboxylic acids is 1. The Morgan fingerprint density at radius 2 is 1.74 bits per heavy atom. The highest BCUT2D eigenvalue weighted by Gasteiger charge is 2.25. The summed E-state index contributed by atoms with van der Waals surface area (Å²) in [5.41, 5.74) is 0.949. The average molecular weight is 448 g/mol. The third kappa shape index (κ3) is 5.05. The zero-order chi connectivity index (χ0) is 21.8. The van der Waals surface area contributed by atoms with Crippen LogP contribution in [0.2, 0.25) is 0 Å². The number of amides is 1. The topological polar surface area (TPSA) is 67.2 Å². The van der Waals surface area contributed by atoms with Gasteiger partial charge in [0, 0.05) is 31.1 Å². The molecule has 0 saturated carbocycles. The molecule has 1 aliphatic heterocycles. The number of carbonyl (C=O) groups is 1. The zero-order valence-corrected chi connectivity index (χ0v) is 17.2. The summed E-state index contributed by atoms with van der Waals surface area (Å²) in [7, 11) is 0. The lowest BCUT2D eigenvalue weighted by Gasteiger charge is -2.34. The summed E-state index contributed by atoms with van der Waals surface area (Å²) in [6, 6.07) is 12.3. The van der Waals surface area contributed by atoms with Gasteiger partial charge in [0.15, 0.2) is 5.82 Å². The highest BCUT2D eigenvalue weighted by Crippen LogP contribution is 2.29. The first-order valence-corrected chi connectivity index (χ1v) is 10.5. The van der Waals surface area contributed by atoms with E-state index in [1.165, 1.54) is 18.2 Å². The Labute approximate surface area is 180 Å². The van der Waals surface area contributed by atoms with Crippen LogP contribution >= 0.6 is 11.8 Å². The largest absolute Gasteiger partial charge is 0.336 e. The molecule has 1 aliphatic rings. The molecule has 31 heavy (non-hydrogen) atoms. The molecule has 3 aromatic rings. The van der Waals surface area contributed by atoms with Crippen molar-refractivity contribution >= 4 is 17.7 Å². The molecular weight excluding hydrogens is 429 g/mol. The minimum atomic E-state index is -2.59. The smallest absolute Gasteiger partial charge is 0.288 e. The number of halogens is 3. The summed E-state index contributed by atoms with van der Waals surface area (Å²) < 4.78 is 40.3.